The zero-order chi connectivity index (χ0) is 14.6. The summed E-state index contributed by atoms with van der Waals surface area (Å²) in [5, 5.41) is 5.85. The van der Waals surface area contributed by atoms with Crippen LogP contribution in [0.25, 0.3) is 0 Å². The van der Waals surface area contributed by atoms with E-state index in [0.717, 1.165) is 31.5 Å². The highest BCUT2D eigenvalue weighted by molar-refractivity contribution is 5.91. The van der Waals surface area contributed by atoms with Crippen molar-refractivity contribution in [1.82, 2.24) is 5.32 Å². The molecule has 1 atom stereocenters. The lowest BCUT2D eigenvalue weighted by Crippen LogP contribution is -2.27. The second-order valence-electron chi connectivity index (χ2n) is 4.62. The molecular weight excluding hydrogens is 273 g/mol. The predicted octanol–water partition coefficient (Wildman–Crippen LogP) is 2.67. The third kappa shape index (κ3) is 4.73. The second-order valence-corrected chi connectivity index (χ2v) is 4.62. The van der Waals surface area contributed by atoms with Gasteiger partial charge in [-0.25, -0.2) is 0 Å². The molecule has 1 unspecified atom stereocenters. The molecule has 1 heterocycles. The Hall–Kier alpha value is -1.76. The van der Waals surface area contributed by atoms with E-state index < -0.39 is 6.36 Å². The van der Waals surface area contributed by atoms with Gasteiger partial charge in [-0.05, 0) is 43.7 Å². The van der Waals surface area contributed by atoms with Crippen molar-refractivity contribution < 1.29 is 22.7 Å². The molecule has 0 aromatic heterocycles. The summed E-state index contributed by atoms with van der Waals surface area (Å²) in [6, 6.07) is 5.26. The first kappa shape index (κ1) is 14.6. The summed E-state index contributed by atoms with van der Waals surface area (Å²) < 4.78 is 39.7. The Kier molecular flexibility index (Phi) is 4.49. The van der Waals surface area contributed by atoms with Gasteiger partial charge in [0.15, 0.2) is 0 Å². The number of anilines is 1. The Morgan fingerprint density at radius 1 is 1.35 bits per heavy atom. The number of carbonyl (C=O) groups is 1. The maximum Gasteiger partial charge on any atom is 0.573 e. The van der Waals surface area contributed by atoms with Crippen LogP contribution in [0.3, 0.4) is 0 Å². The highest BCUT2D eigenvalue weighted by atomic mass is 19.4. The van der Waals surface area contributed by atoms with Gasteiger partial charge in [0.1, 0.15) is 5.75 Å². The summed E-state index contributed by atoms with van der Waals surface area (Å²) in [6.45, 7) is 0.918. The van der Waals surface area contributed by atoms with Crippen LogP contribution in [-0.4, -0.2) is 24.9 Å². The molecule has 1 aliphatic heterocycles. The van der Waals surface area contributed by atoms with E-state index in [4.69, 9.17) is 0 Å². The average molecular weight is 288 g/mol. The van der Waals surface area contributed by atoms with E-state index in [0.29, 0.717) is 12.1 Å². The molecule has 20 heavy (non-hydrogen) atoms. The molecule has 2 N–H and O–H groups in total. The minimum Gasteiger partial charge on any atom is -0.406 e. The molecule has 1 amide bonds. The van der Waals surface area contributed by atoms with Crippen molar-refractivity contribution in [3.63, 3.8) is 0 Å². The first-order valence-corrected chi connectivity index (χ1v) is 6.31. The van der Waals surface area contributed by atoms with Gasteiger partial charge in [-0.15, -0.1) is 13.2 Å². The molecule has 0 saturated carbocycles. The molecule has 1 fully saturated rings. The van der Waals surface area contributed by atoms with Crippen molar-refractivity contribution in [1.29, 1.82) is 0 Å². The smallest absolute Gasteiger partial charge is 0.406 e. The quantitative estimate of drug-likeness (QED) is 0.895. The first-order valence-electron chi connectivity index (χ1n) is 6.31. The number of halogens is 3. The largest absolute Gasteiger partial charge is 0.573 e. The SMILES string of the molecule is O=C(CC1CCCN1)Nc1ccc(OC(F)(F)F)cc1. The molecule has 0 bridgehead atoms. The van der Waals surface area contributed by atoms with Crippen LogP contribution in [0.5, 0.6) is 5.75 Å². The number of benzene rings is 1. The first-order chi connectivity index (χ1) is 9.42. The topological polar surface area (TPSA) is 50.4 Å². The van der Waals surface area contributed by atoms with Crippen molar-refractivity contribution in [2.24, 2.45) is 0 Å². The highest BCUT2D eigenvalue weighted by Gasteiger charge is 2.30. The third-order valence-corrected chi connectivity index (χ3v) is 2.97. The van der Waals surface area contributed by atoms with Gasteiger partial charge < -0.3 is 15.4 Å². The molecule has 110 valence electrons. The van der Waals surface area contributed by atoms with Gasteiger partial charge in [0, 0.05) is 18.2 Å². The minimum absolute atomic E-state index is 0.158. The van der Waals surface area contributed by atoms with E-state index in [2.05, 4.69) is 15.4 Å². The van der Waals surface area contributed by atoms with Crippen molar-refractivity contribution in [2.75, 3.05) is 11.9 Å². The van der Waals surface area contributed by atoms with E-state index in [9.17, 15) is 18.0 Å². The third-order valence-electron chi connectivity index (χ3n) is 2.97. The number of nitrogens with one attached hydrogen (secondary N) is 2. The zero-order valence-corrected chi connectivity index (χ0v) is 10.7. The van der Waals surface area contributed by atoms with Crippen LogP contribution < -0.4 is 15.4 Å². The Balaban J connectivity index is 1.85. The molecule has 1 aliphatic rings. The van der Waals surface area contributed by atoms with Crippen molar-refractivity contribution in [2.45, 2.75) is 31.7 Å². The van der Waals surface area contributed by atoms with Crippen LogP contribution >= 0.6 is 0 Å². The van der Waals surface area contributed by atoms with Gasteiger partial charge >= 0.3 is 6.36 Å². The van der Waals surface area contributed by atoms with Crippen LogP contribution in [0, 0.1) is 0 Å². The summed E-state index contributed by atoms with van der Waals surface area (Å²) in [5.41, 5.74) is 0.447. The fraction of sp³-hybridized carbons (Fsp3) is 0.462. The molecule has 7 heteroatoms. The fourth-order valence-corrected chi connectivity index (χ4v) is 2.11. The molecule has 4 nitrogen and oxygen atoms in total. The van der Waals surface area contributed by atoms with E-state index in [1.54, 1.807) is 0 Å². The maximum atomic E-state index is 12.0. The number of ether oxygens (including phenoxy) is 1. The predicted molar refractivity (Wildman–Crippen MR) is 67.4 cm³/mol. The van der Waals surface area contributed by atoms with E-state index in [-0.39, 0.29) is 17.7 Å². The normalized spacial score (nSPS) is 18.9. The van der Waals surface area contributed by atoms with Gasteiger partial charge in [-0.1, -0.05) is 0 Å². The Bertz CT molecular complexity index is 454. The maximum absolute atomic E-state index is 12.0. The minimum atomic E-state index is -4.71. The van der Waals surface area contributed by atoms with Gasteiger partial charge in [0.25, 0.3) is 0 Å². The lowest BCUT2D eigenvalue weighted by Gasteiger charge is -2.11. The van der Waals surface area contributed by atoms with Gasteiger partial charge in [-0.2, -0.15) is 0 Å². The highest BCUT2D eigenvalue weighted by Crippen LogP contribution is 2.24. The number of hydrogen-bond acceptors (Lipinski definition) is 3. The summed E-state index contributed by atoms with van der Waals surface area (Å²) in [4.78, 5) is 11.7. The van der Waals surface area contributed by atoms with Crippen molar-refractivity contribution >= 4 is 11.6 Å². The lowest BCUT2D eigenvalue weighted by atomic mass is 10.1. The average Bonchev–Trinajstić information content (AvgIpc) is 2.82. The second kappa shape index (κ2) is 6.13. The molecule has 1 aromatic rings. The number of hydrogen-bond donors (Lipinski definition) is 2. The van der Waals surface area contributed by atoms with Gasteiger partial charge in [0.2, 0.25) is 5.91 Å². The molecule has 0 spiro atoms. The van der Waals surface area contributed by atoms with Crippen LogP contribution in [-0.2, 0) is 4.79 Å². The number of amides is 1. The summed E-state index contributed by atoms with van der Waals surface area (Å²) in [5.74, 6) is -0.471. The number of alkyl halides is 3. The standard InChI is InChI=1S/C13H15F3N2O2/c14-13(15,16)20-11-5-3-9(4-6-11)18-12(19)8-10-2-1-7-17-10/h3-6,10,17H,1-2,7-8H2,(H,18,19). The molecular formula is C13H15F3N2O2. The molecule has 2 rings (SSSR count). The monoisotopic (exact) mass is 288 g/mol. The molecule has 0 aliphatic carbocycles. The lowest BCUT2D eigenvalue weighted by molar-refractivity contribution is -0.274. The van der Waals surface area contributed by atoms with Crippen molar-refractivity contribution in [3.8, 4) is 5.75 Å². The van der Waals surface area contributed by atoms with E-state index in [1.165, 1.54) is 12.1 Å². The molecule has 1 saturated heterocycles. The fourth-order valence-electron chi connectivity index (χ4n) is 2.11. The number of rotatable bonds is 4. The van der Waals surface area contributed by atoms with E-state index in [1.807, 2.05) is 0 Å². The Morgan fingerprint density at radius 3 is 2.60 bits per heavy atom. The van der Waals surface area contributed by atoms with Crippen LogP contribution in [0.2, 0.25) is 0 Å². The molecule has 1 aromatic carbocycles. The Morgan fingerprint density at radius 2 is 2.05 bits per heavy atom. The van der Waals surface area contributed by atoms with Crippen molar-refractivity contribution in [3.05, 3.63) is 24.3 Å². The van der Waals surface area contributed by atoms with Gasteiger partial charge in [-0.3, -0.25) is 4.79 Å². The van der Waals surface area contributed by atoms with Crippen LogP contribution in [0.1, 0.15) is 19.3 Å². The zero-order valence-electron chi connectivity index (χ0n) is 10.7. The number of carbonyl (C=O) groups excluding carboxylic acids is 1. The summed E-state index contributed by atoms with van der Waals surface area (Å²) in [6.07, 6.45) is -2.33. The molecule has 0 radical (unpaired) electrons. The van der Waals surface area contributed by atoms with Gasteiger partial charge in [0.05, 0.1) is 0 Å². The van der Waals surface area contributed by atoms with Crippen LogP contribution in [0.4, 0.5) is 18.9 Å². The van der Waals surface area contributed by atoms with E-state index >= 15 is 0 Å². The summed E-state index contributed by atoms with van der Waals surface area (Å²) >= 11 is 0. The summed E-state index contributed by atoms with van der Waals surface area (Å²) in [7, 11) is 0. The Labute approximate surface area is 114 Å². The van der Waals surface area contributed by atoms with Crippen LogP contribution in [0.15, 0.2) is 24.3 Å².